The molecule has 3 unspecified atom stereocenters. The number of halogens is 2. The molecule has 1 amide bonds. The fourth-order valence-electron chi connectivity index (χ4n) is 1.80. The number of carbonyl (C=O) groups excluding carboxylic acids is 2. The maximum absolute atomic E-state index is 12.0. The van der Waals surface area contributed by atoms with Gasteiger partial charge in [0.2, 0.25) is 0 Å². The summed E-state index contributed by atoms with van der Waals surface area (Å²) in [6.07, 6.45) is 0. The van der Waals surface area contributed by atoms with Crippen molar-refractivity contribution in [1.82, 2.24) is 4.90 Å². The molecule has 19 heavy (non-hydrogen) atoms. The minimum atomic E-state index is -1.53. The molecule has 0 spiro atoms. The van der Waals surface area contributed by atoms with Gasteiger partial charge >= 0.3 is 145 Å². The number of ether oxygens (including phenoxy) is 1. The maximum atomic E-state index is 12.0. The molecule has 9 heteroatoms. The van der Waals surface area contributed by atoms with Crippen molar-refractivity contribution in [2.75, 3.05) is 11.0 Å². The predicted molar refractivity (Wildman–Crippen MR) is 80.5 cm³/mol. The molecular weight excluding hydrogens is 591 g/mol. The van der Waals surface area contributed by atoms with Crippen LogP contribution < -0.4 is 5.73 Å². The normalized spacial score (nSPS) is 23.4. The molecule has 1 aliphatic rings. The summed E-state index contributed by atoms with van der Waals surface area (Å²) in [4.78, 5) is 25.4. The summed E-state index contributed by atoms with van der Waals surface area (Å²) >= 11 is 0.583. The van der Waals surface area contributed by atoms with Crippen LogP contribution in [0.15, 0.2) is 12.2 Å². The molecule has 3 atom stereocenters. The van der Waals surface area contributed by atoms with Crippen LogP contribution in [0.5, 0.6) is 0 Å². The van der Waals surface area contributed by atoms with Crippen molar-refractivity contribution in [1.29, 1.82) is 0 Å². The third kappa shape index (κ3) is 4.21. The van der Waals surface area contributed by atoms with E-state index in [1.54, 1.807) is 15.2 Å². The summed E-state index contributed by atoms with van der Waals surface area (Å²) in [6.45, 7) is 5.81. The topological polar surface area (TPSA) is 72.6 Å². The van der Waals surface area contributed by atoms with E-state index in [-0.39, 0.29) is 11.3 Å². The number of nitrogens with two attached hydrogens (primary N) is 1. The summed E-state index contributed by atoms with van der Waals surface area (Å²) in [7, 11) is 7.43. The third-order valence-corrected chi connectivity index (χ3v) is 12.8. The number of nitrogens with zero attached hydrogens (tertiary/aromatic N) is 1. The molecule has 1 heterocycles. The number of likely N-dealkylation sites (tertiary alicyclic amines) is 1. The molecule has 104 valence electrons. The van der Waals surface area contributed by atoms with Crippen molar-refractivity contribution in [2.45, 2.75) is 24.4 Å². The fraction of sp³-hybridized carbons (Fsp3) is 0.600. The van der Waals surface area contributed by atoms with E-state index in [9.17, 15) is 9.59 Å². The van der Waals surface area contributed by atoms with Gasteiger partial charge in [-0.1, -0.05) is 0 Å². The number of alkyl halides is 1. The van der Waals surface area contributed by atoms with E-state index in [0.717, 1.165) is 0 Å². The zero-order valence-electron chi connectivity index (χ0n) is 10.5. The van der Waals surface area contributed by atoms with Crippen LogP contribution >= 0.6 is 39.1 Å². The molecule has 1 rings (SSSR count). The van der Waals surface area contributed by atoms with Crippen molar-refractivity contribution in [3.05, 3.63) is 12.2 Å². The van der Waals surface area contributed by atoms with E-state index < -0.39 is 39.9 Å². The van der Waals surface area contributed by atoms with Gasteiger partial charge in [-0.2, -0.15) is 0 Å². The number of hydrogen-bond donors (Lipinski definition) is 1. The van der Waals surface area contributed by atoms with Gasteiger partial charge in [-0.05, 0) is 0 Å². The van der Waals surface area contributed by atoms with Crippen molar-refractivity contribution in [2.24, 2.45) is 5.73 Å². The van der Waals surface area contributed by atoms with E-state index in [1.807, 2.05) is 0 Å². The number of esters is 1. The van der Waals surface area contributed by atoms with Crippen LogP contribution in [0.2, 0.25) is 0 Å². The van der Waals surface area contributed by atoms with Gasteiger partial charge < -0.3 is 0 Å². The van der Waals surface area contributed by atoms with Gasteiger partial charge in [0.1, 0.15) is 0 Å². The second kappa shape index (κ2) is 8.40. The Kier molecular flexibility index (Phi) is 7.96. The Balaban J connectivity index is 2.83. The molecule has 0 aromatic rings. The van der Waals surface area contributed by atoms with Gasteiger partial charge in [-0.15, -0.1) is 0 Å². The standard InChI is InChI=1S/C10H15IN2O3S.ClH.Hg/c1-5(2)7(10(15)16-4-3-11)13-8(14)6(12)9(13)17;;/h6-7,9,17H,1,3-4,12H2,2H3;1H;/q;;+2/p-2. The molecule has 1 saturated heterocycles. The van der Waals surface area contributed by atoms with Crippen LogP contribution in [0.3, 0.4) is 0 Å². The van der Waals surface area contributed by atoms with Gasteiger partial charge in [0.15, 0.2) is 0 Å². The molecule has 0 aromatic carbocycles. The molecule has 2 N–H and O–H groups in total. The Hall–Kier alpha value is 0.945. The van der Waals surface area contributed by atoms with Gasteiger partial charge in [-0.25, -0.2) is 0 Å². The van der Waals surface area contributed by atoms with Crippen molar-refractivity contribution in [3.8, 4) is 0 Å². The minimum absolute atomic E-state index is 0.208. The SMILES string of the molecule is C=C(C)C(C(=O)OCCI)N1C(=O)C(N)C1[S][Hg][Cl]. The van der Waals surface area contributed by atoms with E-state index in [4.69, 9.17) is 18.7 Å². The number of hydrogen-bond acceptors (Lipinski definition) is 5. The molecule has 0 saturated carbocycles. The Bertz CT molecular complexity index is 388. The first-order chi connectivity index (χ1) is 8.95. The quantitative estimate of drug-likeness (QED) is 0.118. The number of β-lactam (4-membered cyclic amide) rings is 1. The first-order valence-corrected chi connectivity index (χ1v) is 21.7. The van der Waals surface area contributed by atoms with E-state index in [0.29, 0.717) is 16.6 Å². The van der Waals surface area contributed by atoms with Crippen LogP contribution in [0.4, 0.5) is 0 Å². The third-order valence-electron chi connectivity index (χ3n) is 2.64. The second-order valence-electron chi connectivity index (χ2n) is 4.04. The summed E-state index contributed by atoms with van der Waals surface area (Å²) in [6, 6.07) is -1.31. The van der Waals surface area contributed by atoms with E-state index in [1.165, 1.54) is 4.90 Å². The predicted octanol–water partition coefficient (Wildman–Crippen LogP) is 1.29. The van der Waals surface area contributed by atoms with Crippen LogP contribution in [0.1, 0.15) is 6.92 Å². The van der Waals surface area contributed by atoms with Crippen LogP contribution in [0, 0.1) is 0 Å². The summed E-state index contributed by atoms with van der Waals surface area (Å²) in [5, 5.41) is -0.208. The Morgan fingerprint density at radius 3 is 2.89 bits per heavy atom. The summed E-state index contributed by atoms with van der Waals surface area (Å²) in [5.41, 5.74) is 6.34. The molecule has 1 fully saturated rings. The average molecular weight is 605 g/mol. The molecule has 0 radical (unpaired) electrons. The number of amides is 1. The van der Waals surface area contributed by atoms with Gasteiger partial charge in [-0.3, -0.25) is 0 Å². The van der Waals surface area contributed by atoms with Crippen LogP contribution in [-0.4, -0.2) is 45.3 Å². The van der Waals surface area contributed by atoms with E-state index >= 15 is 0 Å². The Labute approximate surface area is 144 Å². The Morgan fingerprint density at radius 2 is 2.42 bits per heavy atom. The molecular formula is C10H14ClHgIN2O3S. The van der Waals surface area contributed by atoms with Gasteiger partial charge in [0.05, 0.1) is 0 Å². The van der Waals surface area contributed by atoms with Crippen LogP contribution in [-0.2, 0) is 36.2 Å². The van der Waals surface area contributed by atoms with Crippen molar-refractivity contribution >= 4 is 51.0 Å². The summed E-state index contributed by atoms with van der Waals surface area (Å²) in [5.74, 6) is -0.684. The molecule has 0 aromatic heterocycles. The molecule has 0 aliphatic carbocycles. The van der Waals surface area contributed by atoms with Crippen LogP contribution in [0.25, 0.3) is 0 Å². The number of rotatable bonds is 7. The fourth-order valence-corrected chi connectivity index (χ4v) is 12.1. The number of carbonyl (C=O) groups is 2. The zero-order valence-corrected chi connectivity index (χ0v) is 19.7. The average Bonchev–Trinajstić information content (AvgIpc) is 2.39. The zero-order chi connectivity index (χ0) is 14.6. The molecule has 0 bridgehead atoms. The van der Waals surface area contributed by atoms with Gasteiger partial charge in [0, 0.05) is 0 Å². The first-order valence-electron chi connectivity index (χ1n) is 5.59. The Morgan fingerprint density at radius 1 is 1.79 bits per heavy atom. The summed E-state index contributed by atoms with van der Waals surface area (Å²) < 4.78 is 5.82. The molecule has 1 aliphatic heterocycles. The first kappa shape index (κ1) is 18.0. The van der Waals surface area contributed by atoms with E-state index in [2.05, 4.69) is 29.2 Å². The molecule has 5 nitrogen and oxygen atoms in total. The van der Waals surface area contributed by atoms with Crippen molar-refractivity contribution in [3.63, 3.8) is 0 Å². The monoisotopic (exact) mass is 606 g/mol. The van der Waals surface area contributed by atoms with Gasteiger partial charge in [0.25, 0.3) is 0 Å². The second-order valence-corrected chi connectivity index (χ2v) is 18.3. The van der Waals surface area contributed by atoms with Crippen molar-refractivity contribution < 1.29 is 36.2 Å².